The monoisotopic (exact) mass is 872 g/mol. The van der Waals surface area contributed by atoms with Crippen molar-refractivity contribution >= 4 is 72.0 Å². The lowest BCUT2D eigenvalue weighted by atomic mass is 9.82. The van der Waals surface area contributed by atoms with Crippen LogP contribution in [0.3, 0.4) is 0 Å². The molecule has 0 N–H and O–H groups in total. The summed E-state index contributed by atoms with van der Waals surface area (Å²) >= 11 is 0. The summed E-state index contributed by atoms with van der Waals surface area (Å²) in [6, 6.07) is 72.0. The predicted molar refractivity (Wildman–Crippen MR) is 284 cm³/mol. The topological polar surface area (TPSA) is 24.9 Å². The molecule has 4 nitrogen and oxygen atoms in total. The minimum Gasteiger partial charge on any atom is -0.453 e. The Labute approximate surface area is 395 Å². The second-order valence-electron chi connectivity index (χ2n) is 17.5. The zero-order chi connectivity index (χ0) is 45.0. The molecule has 0 spiro atoms. The van der Waals surface area contributed by atoms with E-state index < -0.39 is 0 Å². The van der Waals surface area contributed by atoms with E-state index in [1.807, 2.05) is 24.3 Å². The van der Waals surface area contributed by atoms with E-state index in [0.717, 1.165) is 70.0 Å². The molecule has 0 unspecified atom stereocenters. The van der Waals surface area contributed by atoms with Gasteiger partial charge in [-0.25, -0.2) is 0 Å². The summed E-state index contributed by atoms with van der Waals surface area (Å²) in [5, 5.41) is 7.09. The Hall–Kier alpha value is -8.86. The van der Waals surface area contributed by atoms with Crippen molar-refractivity contribution in [1.29, 1.82) is 0 Å². The average Bonchev–Trinajstić information content (AvgIpc) is 3.40. The zero-order valence-corrected chi connectivity index (χ0v) is 37.2. The van der Waals surface area contributed by atoms with Gasteiger partial charge in [0.2, 0.25) is 0 Å². The highest BCUT2D eigenvalue weighted by molar-refractivity contribution is 6.22. The molecule has 10 aromatic rings. The van der Waals surface area contributed by atoms with Gasteiger partial charge in [0.25, 0.3) is 0 Å². The van der Waals surface area contributed by atoms with E-state index in [1.165, 1.54) is 65.7 Å². The van der Waals surface area contributed by atoms with Gasteiger partial charge in [-0.1, -0.05) is 158 Å². The van der Waals surface area contributed by atoms with Gasteiger partial charge in [0.15, 0.2) is 23.0 Å². The molecular weight excluding hydrogens is 829 g/mol. The summed E-state index contributed by atoms with van der Waals surface area (Å²) in [5.74, 6) is 3.30. The molecule has 2 heterocycles. The Morgan fingerprint density at radius 3 is 1.38 bits per heavy atom. The summed E-state index contributed by atoms with van der Waals surface area (Å²) in [5.41, 5.74) is 13.3. The van der Waals surface area contributed by atoms with Crippen LogP contribution in [-0.4, -0.2) is 0 Å². The maximum atomic E-state index is 6.54. The molecule has 0 saturated carbocycles. The summed E-state index contributed by atoms with van der Waals surface area (Å²) < 4.78 is 13.1. The molecule has 3 aliphatic rings. The molecule has 322 valence electrons. The van der Waals surface area contributed by atoms with Crippen molar-refractivity contribution in [2.24, 2.45) is 0 Å². The number of para-hydroxylation sites is 8. The van der Waals surface area contributed by atoms with E-state index in [0.29, 0.717) is 0 Å². The van der Waals surface area contributed by atoms with Gasteiger partial charge in [0.05, 0.1) is 22.7 Å². The van der Waals surface area contributed by atoms with Gasteiger partial charge in [-0.2, -0.15) is 0 Å². The number of anilines is 6. The first-order valence-corrected chi connectivity index (χ1v) is 23.4. The van der Waals surface area contributed by atoms with Crippen LogP contribution in [0, 0.1) is 0 Å². The SMILES string of the molecule is C1=C\C/C=C\C=C(\c2c3cc(N4c5ccccc5Oc5ccccc54)ccc3c(-c3cc4ccccc4cc3-c3ccccc3)c3cc(N4c5ccccc5Oc5ccccc54)ccc23)C\C=C/1. The van der Waals surface area contributed by atoms with Gasteiger partial charge in [0, 0.05) is 11.4 Å². The van der Waals surface area contributed by atoms with Gasteiger partial charge in [-0.15, -0.1) is 0 Å². The van der Waals surface area contributed by atoms with Crippen molar-refractivity contribution < 1.29 is 9.47 Å². The first-order valence-electron chi connectivity index (χ1n) is 23.4. The first kappa shape index (κ1) is 39.5. The fourth-order valence-corrected chi connectivity index (χ4v) is 10.4. The number of nitrogens with zero attached hydrogens (tertiary/aromatic N) is 2. The lowest BCUT2D eigenvalue weighted by Gasteiger charge is -2.34. The summed E-state index contributed by atoms with van der Waals surface area (Å²) in [4.78, 5) is 4.71. The lowest BCUT2D eigenvalue weighted by Crippen LogP contribution is -2.16. The number of hydrogen-bond acceptors (Lipinski definition) is 4. The van der Waals surface area contributed by atoms with Gasteiger partial charge in [0.1, 0.15) is 0 Å². The third kappa shape index (κ3) is 6.68. The van der Waals surface area contributed by atoms with E-state index in [-0.39, 0.29) is 0 Å². The molecule has 68 heavy (non-hydrogen) atoms. The molecule has 2 aliphatic heterocycles. The van der Waals surface area contributed by atoms with Crippen LogP contribution in [0.15, 0.2) is 243 Å². The lowest BCUT2D eigenvalue weighted by molar-refractivity contribution is 0.477. The van der Waals surface area contributed by atoms with Crippen molar-refractivity contribution in [1.82, 2.24) is 0 Å². The highest BCUT2D eigenvalue weighted by atomic mass is 16.5. The van der Waals surface area contributed by atoms with E-state index in [4.69, 9.17) is 9.47 Å². The fraction of sp³-hybridized carbons (Fsp3) is 0.0312. The van der Waals surface area contributed by atoms with Crippen LogP contribution in [0.4, 0.5) is 34.1 Å². The normalized spacial score (nSPS) is 16.0. The summed E-state index contributed by atoms with van der Waals surface area (Å²) in [7, 11) is 0. The van der Waals surface area contributed by atoms with Gasteiger partial charge >= 0.3 is 0 Å². The number of allylic oxidation sites excluding steroid dienone is 8. The number of fused-ring (bicyclic) bond motifs is 7. The summed E-state index contributed by atoms with van der Waals surface area (Å²) in [6.07, 6.45) is 17.3. The van der Waals surface area contributed by atoms with Crippen molar-refractivity contribution in [3.63, 3.8) is 0 Å². The van der Waals surface area contributed by atoms with Crippen molar-refractivity contribution in [3.8, 4) is 45.3 Å². The van der Waals surface area contributed by atoms with Crippen LogP contribution in [0.5, 0.6) is 23.0 Å². The van der Waals surface area contributed by atoms with Gasteiger partial charge in [-0.05, 0) is 163 Å². The third-order valence-electron chi connectivity index (χ3n) is 13.5. The fourth-order valence-electron chi connectivity index (χ4n) is 10.4. The van der Waals surface area contributed by atoms with E-state index in [1.54, 1.807) is 0 Å². The predicted octanol–water partition coefficient (Wildman–Crippen LogP) is 18.5. The highest BCUT2D eigenvalue weighted by Crippen LogP contribution is 2.55. The number of rotatable bonds is 5. The van der Waals surface area contributed by atoms with Crippen LogP contribution in [0.1, 0.15) is 18.4 Å². The molecule has 13 rings (SSSR count). The van der Waals surface area contributed by atoms with Crippen LogP contribution >= 0.6 is 0 Å². The first-order chi connectivity index (χ1) is 33.7. The Bertz CT molecular complexity index is 3680. The van der Waals surface area contributed by atoms with E-state index in [9.17, 15) is 0 Å². The minimum atomic E-state index is 0.753. The highest BCUT2D eigenvalue weighted by Gasteiger charge is 2.30. The molecule has 0 bridgehead atoms. The van der Waals surface area contributed by atoms with Crippen LogP contribution in [0.2, 0.25) is 0 Å². The van der Waals surface area contributed by atoms with Gasteiger partial charge in [-0.3, -0.25) is 0 Å². The Morgan fingerprint density at radius 1 is 0.353 bits per heavy atom. The smallest absolute Gasteiger partial charge is 0.151 e. The Balaban J connectivity index is 1.18. The molecule has 10 aromatic carbocycles. The van der Waals surface area contributed by atoms with Crippen LogP contribution in [-0.2, 0) is 0 Å². The molecule has 0 saturated heterocycles. The van der Waals surface area contributed by atoms with Crippen LogP contribution < -0.4 is 19.3 Å². The second-order valence-corrected chi connectivity index (χ2v) is 17.5. The van der Waals surface area contributed by atoms with Crippen molar-refractivity contribution in [2.45, 2.75) is 12.8 Å². The maximum absolute atomic E-state index is 6.54. The molecule has 0 amide bonds. The largest absolute Gasteiger partial charge is 0.453 e. The molecule has 4 heteroatoms. The molecule has 0 fully saturated rings. The van der Waals surface area contributed by atoms with E-state index >= 15 is 0 Å². The zero-order valence-electron chi connectivity index (χ0n) is 37.2. The quantitative estimate of drug-likeness (QED) is 0.161. The number of benzene rings is 10. The molecule has 0 aromatic heterocycles. The second kappa shape index (κ2) is 16.5. The molecular formula is C64H44N2O2. The third-order valence-corrected chi connectivity index (χ3v) is 13.5. The Kier molecular flexibility index (Phi) is 9.61. The summed E-state index contributed by atoms with van der Waals surface area (Å²) in [6.45, 7) is 0. The number of ether oxygens (including phenoxy) is 2. The average molecular weight is 873 g/mol. The standard InChI is InChI=1S/C64H44N2O2/c1-2-4-7-23-44(24-8-5-3-1)63-49-37-35-48(66-57-29-15-19-33-61(57)68-62-34-20-16-30-58(62)66)42-54(49)64(52-40-46-26-12-11-25-45(46)39-51(52)43-21-9-6-10-22-43)50-38-36-47(41-53(50)63)65-55-27-13-17-31-59(55)67-60-32-18-14-28-56(60)65/h1-2,4-22,24-42H,3,23H2/b2-1-,7-4-,8-5-,44-24+. The maximum Gasteiger partial charge on any atom is 0.151 e. The van der Waals surface area contributed by atoms with Crippen molar-refractivity contribution in [3.05, 3.63) is 248 Å². The van der Waals surface area contributed by atoms with E-state index in [2.05, 4.69) is 228 Å². The molecule has 1 aliphatic carbocycles. The van der Waals surface area contributed by atoms with Crippen molar-refractivity contribution in [2.75, 3.05) is 9.80 Å². The minimum absolute atomic E-state index is 0.753. The van der Waals surface area contributed by atoms with Crippen LogP contribution in [0.25, 0.3) is 60.1 Å². The Morgan fingerprint density at radius 2 is 0.809 bits per heavy atom. The number of hydrogen-bond donors (Lipinski definition) is 0. The molecule has 0 radical (unpaired) electrons. The van der Waals surface area contributed by atoms with Gasteiger partial charge < -0.3 is 19.3 Å². The molecule has 0 atom stereocenters.